The minimum absolute atomic E-state index is 0.161. The molecular weight excluding hydrogens is 280 g/mol. The van der Waals surface area contributed by atoms with Crippen LogP contribution < -0.4 is 0 Å². The molecule has 0 aliphatic heterocycles. The van der Waals surface area contributed by atoms with Gasteiger partial charge in [0.25, 0.3) is 0 Å². The largest absolute Gasteiger partial charge is 0.481 e. The van der Waals surface area contributed by atoms with Crippen LogP contribution >= 0.6 is 0 Å². The van der Waals surface area contributed by atoms with Crippen molar-refractivity contribution in [3.63, 3.8) is 0 Å². The second kappa shape index (κ2) is 7.98. The van der Waals surface area contributed by atoms with Gasteiger partial charge in [-0.15, -0.1) is 0 Å². The third kappa shape index (κ3) is 3.82. The minimum Gasteiger partial charge on any atom is -0.481 e. The summed E-state index contributed by atoms with van der Waals surface area (Å²) in [5.74, 6) is -1.20. The summed E-state index contributed by atoms with van der Waals surface area (Å²) in [6.07, 6.45) is 8.77. The van der Waals surface area contributed by atoms with E-state index in [-0.39, 0.29) is 17.8 Å². The van der Waals surface area contributed by atoms with E-state index < -0.39 is 17.8 Å². The van der Waals surface area contributed by atoms with Gasteiger partial charge >= 0.3 is 11.9 Å². The van der Waals surface area contributed by atoms with Gasteiger partial charge in [0.05, 0.1) is 18.4 Å². The number of rotatable bonds is 9. The first-order valence-electron chi connectivity index (χ1n) is 8.95. The number of hydrogen-bond donors (Lipinski definition) is 1. The highest BCUT2D eigenvalue weighted by Crippen LogP contribution is 2.55. The molecule has 0 amide bonds. The maximum atomic E-state index is 12.3. The summed E-state index contributed by atoms with van der Waals surface area (Å²) in [5.41, 5.74) is 0. The molecule has 4 heteroatoms. The summed E-state index contributed by atoms with van der Waals surface area (Å²) in [7, 11) is 0. The zero-order valence-corrected chi connectivity index (χ0v) is 13.9. The third-order valence-electron chi connectivity index (χ3n) is 5.64. The molecule has 2 rings (SSSR count). The Labute approximate surface area is 133 Å². The molecule has 0 aromatic heterocycles. The van der Waals surface area contributed by atoms with Crippen molar-refractivity contribution in [2.45, 2.75) is 65.2 Å². The zero-order chi connectivity index (χ0) is 16.1. The van der Waals surface area contributed by atoms with Crippen LogP contribution in [0, 0.1) is 29.6 Å². The van der Waals surface area contributed by atoms with E-state index in [9.17, 15) is 14.7 Å². The molecule has 4 nitrogen and oxygen atoms in total. The summed E-state index contributed by atoms with van der Waals surface area (Å²) in [6.45, 7) is 4.75. The highest BCUT2D eigenvalue weighted by molar-refractivity contribution is 5.82. The molecule has 5 atom stereocenters. The average molecular weight is 310 g/mol. The molecule has 0 spiro atoms. The Morgan fingerprint density at radius 3 is 2.41 bits per heavy atom. The van der Waals surface area contributed by atoms with Crippen LogP contribution in [0.5, 0.6) is 0 Å². The molecule has 5 unspecified atom stereocenters. The number of esters is 1. The standard InChI is InChI=1S/C18H30O4/c1-3-4-5-6-7-8-9-22-18(21)15-13-10-12(2)14(11-13)16(15)17(19)20/h12-16H,3-11H2,1-2H3,(H,19,20). The molecule has 2 fully saturated rings. The van der Waals surface area contributed by atoms with E-state index in [4.69, 9.17) is 4.74 Å². The summed E-state index contributed by atoms with van der Waals surface area (Å²) >= 11 is 0. The number of hydrogen-bond acceptors (Lipinski definition) is 3. The molecule has 0 heterocycles. The first-order chi connectivity index (χ1) is 10.6. The Balaban J connectivity index is 1.74. The lowest BCUT2D eigenvalue weighted by Crippen LogP contribution is -2.38. The minimum atomic E-state index is -0.819. The maximum Gasteiger partial charge on any atom is 0.310 e. The molecule has 2 aliphatic rings. The molecule has 0 aromatic rings. The second-order valence-electron chi connectivity index (χ2n) is 7.20. The van der Waals surface area contributed by atoms with Gasteiger partial charge in [0, 0.05) is 0 Å². The number of unbranched alkanes of at least 4 members (excludes halogenated alkanes) is 5. The van der Waals surface area contributed by atoms with E-state index in [1.54, 1.807) is 0 Å². The molecule has 0 radical (unpaired) electrons. The topological polar surface area (TPSA) is 63.6 Å². The SMILES string of the molecule is CCCCCCCCOC(=O)C1C2CC(C)C(C2)C1C(=O)O. The zero-order valence-electron chi connectivity index (χ0n) is 13.9. The summed E-state index contributed by atoms with van der Waals surface area (Å²) in [6, 6.07) is 0. The van der Waals surface area contributed by atoms with E-state index in [0.717, 1.165) is 25.7 Å². The first-order valence-corrected chi connectivity index (χ1v) is 8.95. The van der Waals surface area contributed by atoms with E-state index in [2.05, 4.69) is 13.8 Å². The van der Waals surface area contributed by atoms with Crippen molar-refractivity contribution in [2.75, 3.05) is 6.61 Å². The summed E-state index contributed by atoms with van der Waals surface area (Å²) in [5, 5.41) is 9.46. The summed E-state index contributed by atoms with van der Waals surface area (Å²) < 4.78 is 5.40. The summed E-state index contributed by atoms with van der Waals surface area (Å²) in [4.78, 5) is 23.8. The lowest BCUT2D eigenvalue weighted by molar-refractivity contribution is -0.161. The normalized spacial score (nSPS) is 33.1. The van der Waals surface area contributed by atoms with E-state index in [1.807, 2.05) is 0 Å². The van der Waals surface area contributed by atoms with Crippen molar-refractivity contribution in [1.29, 1.82) is 0 Å². The van der Waals surface area contributed by atoms with E-state index >= 15 is 0 Å². The van der Waals surface area contributed by atoms with Gasteiger partial charge in [0.15, 0.2) is 0 Å². The van der Waals surface area contributed by atoms with Crippen LogP contribution in [-0.2, 0) is 14.3 Å². The molecule has 1 N–H and O–H groups in total. The van der Waals surface area contributed by atoms with Crippen LogP contribution in [0.3, 0.4) is 0 Å². The Kier molecular flexibility index (Phi) is 6.27. The Bertz CT molecular complexity index is 393. The van der Waals surface area contributed by atoms with Crippen molar-refractivity contribution >= 4 is 11.9 Å². The lowest BCUT2D eigenvalue weighted by Gasteiger charge is -2.30. The predicted molar refractivity (Wildman–Crippen MR) is 84.3 cm³/mol. The number of carbonyl (C=O) groups excluding carboxylic acids is 1. The highest BCUT2D eigenvalue weighted by atomic mass is 16.5. The number of carboxylic acid groups (broad SMARTS) is 1. The van der Waals surface area contributed by atoms with E-state index in [1.165, 1.54) is 25.7 Å². The predicted octanol–water partition coefficient (Wildman–Crippen LogP) is 3.88. The van der Waals surface area contributed by atoms with Gasteiger partial charge in [-0.2, -0.15) is 0 Å². The fourth-order valence-corrected chi connectivity index (χ4v) is 4.51. The van der Waals surface area contributed by atoms with Gasteiger partial charge in [0.2, 0.25) is 0 Å². The van der Waals surface area contributed by atoms with Crippen molar-refractivity contribution in [3.8, 4) is 0 Å². The van der Waals surface area contributed by atoms with Crippen molar-refractivity contribution in [3.05, 3.63) is 0 Å². The van der Waals surface area contributed by atoms with Crippen LogP contribution in [0.1, 0.15) is 65.2 Å². The molecule has 22 heavy (non-hydrogen) atoms. The van der Waals surface area contributed by atoms with Gasteiger partial charge in [-0.25, -0.2) is 0 Å². The monoisotopic (exact) mass is 310 g/mol. The van der Waals surface area contributed by atoms with Gasteiger partial charge < -0.3 is 9.84 Å². The number of ether oxygens (including phenoxy) is 1. The molecule has 0 saturated heterocycles. The van der Waals surface area contributed by atoms with Crippen LogP contribution in [-0.4, -0.2) is 23.7 Å². The molecule has 2 bridgehead atoms. The smallest absolute Gasteiger partial charge is 0.310 e. The van der Waals surface area contributed by atoms with Crippen LogP contribution in [0.15, 0.2) is 0 Å². The second-order valence-corrected chi connectivity index (χ2v) is 7.20. The van der Waals surface area contributed by atoms with Gasteiger partial charge in [-0.1, -0.05) is 46.0 Å². The Morgan fingerprint density at radius 1 is 1.05 bits per heavy atom. The molecule has 2 saturated carbocycles. The van der Waals surface area contributed by atoms with Gasteiger partial charge in [0.1, 0.15) is 0 Å². The average Bonchev–Trinajstić information content (AvgIpc) is 3.02. The van der Waals surface area contributed by atoms with Crippen molar-refractivity contribution in [1.82, 2.24) is 0 Å². The number of carbonyl (C=O) groups is 2. The Hall–Kier alpha value is -1.06. The van der Waals surface area contributed by atoms with Crippen LogP contribution in [0.25, 0.3) is 0 Å². The fourth-order valence-electron chi connectivity index (χ4n) is 4.51. The molecule has 0 aromatic carbocycles. The van der Waals surface area contributed by atoms with Gasteiger partial charge in [-0.05, 0) is 37.0 Å². The third-order valence-corrected chi connectivity index (χ3v) is 5.64. The van der Waals surface area contributed by atoms with Gasteiger partial charge in [-0.3, -0.25) is 9.59 Å². The van der Waals surface area contributed by atoms with Crippen molar-refractivity contribution in [2.24, 2.45) is 29.6 Å². The Morgan fingerprint density at radius 2 is 1.73 bits per heavy atom. The lowest BCUT2D eigenvalue weighted by atomic mass is 9.74. The number of aliphatic carboxylic acids is 1. The highest BCUT2D eigenvalue weighted by Gasteiger charge is 2.57. The number of fused-ring (bicyclic) bond motifs is 2. The van der Waals surface area contributed by atoms with Crippen LogP contribution in [0.4, 0.5) is 0 Å². The van der Waals surface area contributed by atoms with E-state index in [0.29, 0.717) is 12.5 Å². The molecular formula is C18H30O4. The number of carboxylic acids is 1. The van der Waals surface area contributed by atoms with Crippen LogP contribution in [0.2, 0.25) is 0 Å². The maximum absolute atomic E-state index is 12.3. The van der Waals surface area contributed by atoms with Crippen molar-refractivity contribution < 1.29 is 19.4 Å². The molecule has 126 valence electrons. The fraction of sp³-hybridized carbons (Fsp3) is 0.889. The first kappa shape index (κ1) is 17.3. The quantitative estimate of drug-likeness (QED) is 0.518. The molecule has 2 aliphatic carbocycles.